The molecule has 3 rings (SSSR count). The van der Waals surface area contributed by atoms with Crippen molar-refractivity contribution in [1.29, 1.82) is 0 Å². The lowest BCUT2D eigenvalue weighted by molar-refractivity contribution is -0.0102. The summed E-state index contributed by atoms with van der Waals surface area (Å²) >= 11 is 0. The molecule has 0 unspecified atom stereocenters. The molecular weight excluding hydrogens is 272 g/mol. The van der Waals surface area contributed by atoms with Crippen LogP contribution >= 0.6 is 0 Å². The first-order chi connectivity index (χ1) is 10.8. The molecule has 0 aliphatic heterocycles. The summed E-state index contributed by atoms with van der Waals surface area (Å²) in [7, 11) is 0. The standard InChI is InChI=1S/C19H30N2O/c20-16-10-4-5-11-17(16)21-18-12-6-7-13-19(18)22-14-15-8-2-1-3-9-15/h1-3,8-9,16-19,21H,4-7,10-14,20H2/t16-,17+,18+,19-/m0/s1. The van der Waals surface area contributed by atoms with Gasteiger partial charge in [0.15, 0.2) is 0 Å². The molecule has 1 aromatic carbocycles. The van der Waals surface area contributed by atoms with Crippen molar-refractivity contribution in [2.24, 2.45) is 5.73 Å². The Bertz CT molecular complexity index is 436. The van der Waals surface area contributed by atoms with Gasteiger partial charge in [-0.1, -0.05) is 56.0 Å². The van der Waals surface area contributed by atoms with Crippen LogP contribution in [0.3, 0.4) is 0 Å². The van der Waals surface area contributed by atoms with Gasteiger partial charge in [0.05, 0.1) is 12.7 Å². The Balaban J connectivity index is 1.54. The molecule has 0 radical (unpaired) electrons. The van der Waals surface area contributed by atoms with Crippen molar-refractivity contribution in [3.05, 3.63) is 35.9 Å². The van der Waals surface area contributed by atoms with Gasteiger partial charge in [0.2, 0.25) is 0 Å². The number of hydrogen-bond donors (Lipinski definition) is 2. The maximum absolute atomic E-state index is 6.30. The number of rotatable bonds is 5. The topological polar surface area (TPSA) is 47.3 Å². The lowest BCUT2D eigenvalue weighted by Gasteiger charge is -2.38. The molecule has 0 heterocycles. The Morgan fingerprint density at radius 3 is 2.36 bits per heavy atom. The molecule has 2 aliphatic rings. The second-order valence-corrected chi connectivity index (χ2v) is 6.95. The van der Waals surface area contributed by atoms with Crippen LogP contribution in [0.1, 0.15) is 56.9 Å². The van der Waals surface area contributed by atoms with E-state index in [0.29, 0.717) is 24.2 Å². The fraction of sp³-hybridized carbons (Fsp3) is 0.684. The molecule has 4 atom stereocenters. The van der Waals surface area contributed by atoms with Gasteiger partial charge < -0.3 is 15.8 Å². The number of benzene rings is 1. The minimum atomic E-state index is 0.324. The monoisotopic (exact) mass is 302 g/mol. The molecule has 3 N–H and O–H groups in total. The van der Waals surface area contributed by atoms with Gasteiger partial charge in [-0.05, 0) is 31.2 Å². The van der Waals surface area contributed by atoms with Gasteiger partial charge in [0, 0.05) is 18.1 Å². The minimum Gasteiger partial charge on any atom is -0.372 e. The van der Waals surface area contributed by atoms with Gasteiger partial charge in [0.1, 0.15) is 0 Å². The second kappa shape index (κ2) is 8.09. The third kappa shape index (κ3) is 4.31. The van der Waals surface area contributed by atoms with E-state index in [4.69, 9.17) is 10.5 Å². The highest BCUT2D eigenvalue weighted by molar-refractivity contribution is 5.13. The van der Waals surface area contributed by atoms with Crippen LogP contribution < -0.4 is 11.1 Å². The van der Waals surface area contributed by atoms with Gasteiger partial charge in [-0.2, -0.15) is 0 Å². The molecule has 0 saturated heterocycles. The van der Waals surface area contributed by atoms with Crippen molar-refractivity contribution in [2.75, 3.05) is 0 Å². The summed E-state index contributed by atoms with van der Waals surface area (Å²) in [5.41, 5.74) is 7.57. The van der Waals surface area contributed by atoms with Crippen molar-refractivity contribution in [3.8, 4) is 0 Å². The SMILES string of the molecule is N[C@H]1CCCC[C@H]1N[C@@H]1CCCC[C@@H]1OCc1ccccc1. The molecule has 1 aromatic rings. The largest absolute Gasteiger partial charge is 0.372 e. The maximum Gasteiger partial charge on any atom is 0.0732 e. The Morgan fingerprint density at radius 1 is 0.909 bits per heavy atom. The zero-order valence-corrected chi connectivity index (χ0v) is 13.5. The average Bonchev–Trinajstić information content (AvgIpc) is 2.57. The van der Waals surface area contributed by atoms with Gasteiger partial charge in [-0.15, -0.1) is 0 Å². The fourth-order valence-corrected chi connectivity index (χ4v) is 3.91. The highest BCUT2D eigenvalue weighted by Gasteiger charge is 2.30. The third-order valence-corrected chi connectivity index (χ3v) is 5.26. The van der Waals surface area contributed by atoms with Gasteiger partial charge in [0.25, 0.3) is 0 Å². The molecule has 22 heavy (non-hydrogen) atoms. The van der Waals surface area contributed by atoms with Crippen LogP contribution in [-0.2, 0) is 11.3 Å². The average molecular weight is 302 g/mol. The lowest BCUT2D eigenvalue weighted by atomic mass is 9.87. The van der Waals surface area contributed by atoms with Crippen LogP contribution in [0.5, 0.6) is 0 Å². The number of nitrogens with two attached hydrogens (primary N) is 1. The van der Waals surface area contributed by atoms with Gasteiger partial charge in [-0.25, -0.2) is 0 Å². The molecule has 2 aliphatic carbocycles. The van der Waals surface area contributed by atoms with E-state index in [1.165, 1.54) is 56.9 Å². The van der Waals surface area contributed by atoms with Crippen molar-refractivity contribution in [1.82, 2.24) is 5.32 Å². The third-order valence-electron chi connectivity index (χ3n) is 5.26. The molecule has 3 heteroatoms. The first kappa shape index (κ1) is 16.0. The Labute approximate surface area is 134 Å². The predicted molar refractivity (Wildman–Crippen MR) is 90.6 cm³/mol. The molecule has 2 fully saturated rings. The van der Waals surface area contributed by atoms with Crippen LogP contribution in [0, 0.1) is 0 Å². The minimum absolute atomic E-state index is 0.324. The number of hydrogen-bond acceptors (Lipinski definition) is 3. The van der Waals surface area contributed by atoms with E-state index in [2.05, 4.69) is 35.6 Å². The summed E-state index contributed by atoms with van der Waals surface area (Å²) < 4.78 is 6.26. The first-order valence-corrected chi connectivity index (χ1v) is 9.00. The Morgan fingerprint density at radius 2 is 1.59 bits per heavy atom. The summed E-state index contributed by atoms with van der Waals surface area (Å²) in [6.45, 7) is 0.723. The summed E-state index contributed by atoms with van der Waals surface area (Å²) in [5, 5.41) is 3.84. The summed E-state index contributed by atoms with van der Waals surface area (Å²) in [4.78, 5) is 0. The second-order valence-electron chi connectivity index (χ2n) is 6.95. The van der Waals surface area contributed by atoms with Crippen molar-refractivity contribution in [3.63, 3.8) is 0 Å². The maximum atomic E-state index is 6.30. The van der Waals surface area contributed by atoms with Crippen LogP contribution in [0.15, 0.2) is 30.3 Å². The van der Waals surface area contributed by atoms with E-state index >= 15 is 0 Å². The highest BCUT2D eigenvalue weighted by atomic mass is 16.5. The van der Waals surface area contributed by atoms with E-state index in [-0.39, 0.29) is 0 Å². The lowest BCUT2D eigenvalue weighted by Crippen LogP contribution is -2.55. The van der Waals surface area contributed by atoms with Crippen molar-refractivity contribution in [2.45, 2.75) is 82.2 Å². The molecule has 0 bridgehead atoms. The smallest absolute Gasteiger partial charge is 0.0732 e. The molecule has 0 aromatic heterocycles. The summed E-state index contributed by atoms with van der Waals surface area (Å²) in [6.07, 6.45) is 10.3. The Hall–Kier alpha value is -0.900. The van der Waals surface area contributed by atoms with Crippen LogP contribution in [-0.4, -0.2) is 24.2 Å². The van der Waals surface area contributed by atoms with E-state index in [9.17, 15) is 0 Å². The van der Waals surface area contributed by atoms with E-state index in [0.717, 1.165) is 6.61 Å². The zero-order chi connectivity index (χ0) is 15.2. The van der Waals surface area contributed by atoms with Gasteiger partial charge in [-0.3, -0.25) is 0 Å². The molecule has 122 valence electrons. The van der Waals surface area contributed by atoms with E-state index in [1.807, 2.05) is 0 Å². The normalized spacial score (nSPS) is 32.8. The van der Waals surface area contributed by atoms with E-state index < -0.39 is 0 Å². The van der Waals surface area contributed by atoms with E-state index in [1.54, 1.807) is 0 Å². The van der Waals surface area contributed by atoms with Crippen molar-refractivity contribution >= 4 is 0 Å². The molecule has 2 saturated carbocycles. The van der Waals surface area contributed by atoms with Gasteiger partial charge >= 0.3 is 0 Å². The zero-order valence-electron chi connectivity index (χ0n) is 13.5. The molecular formula is C19H30N2O. The number of ether oxygens (including phenoxy) is 1. The summed E-state index contributed by atoms with van der Waals surface area (Å²) in [6, 6.07) is 11.8. The molecule has 0 amide bonds. The first-order valence-electron chi connectivity index (χ1n) is 9.00. The van der Waals surface area contributed by atoms with Crippen LogP contribution in [0.2, 0.25) is 0 Å². The van der Waals surface area contributed by atoms with Crippen LogP contribution in [0.25, 0.3) is 0 Å². The molecule has 3 nitrogen and oxygen atoms in total. The highest BCUT2D eigenvalue weighted by Crippen LogP contribution is 2.25. The fourth-order valence-electron chi connectivity index (χ4n) is 3.91. The number of nitrogens with one attached hydrogen (secondary N) is 1. The van der Waals surface area contributed by atoms with Crippen LogP contribution in [0.4, 0.5) is 0 Å². The summed E-state index contributed by atoms with van der Waals surface area (Å²) in [5.74, 6) is 0. The molecule has 0 spiro atoms. The Kier molecular flexibility index (Phi) is 5.88. The van der Waals surface area contributed by atoms with Crippen molar-refractivity contribution < 1.29 is 4.74 Å². The predicted octanol–water partition coefficient (Wildman–Crippen LogP) is 3.37. The quantitative estimate of drug-likeness (QED) is 0.876.